The van der Waals surface area contributed by atoms with Crippen LogP contribution in [-0.4, -0.2) is 27.2 Å². The molecule has 0 spiro atoms. The summed E-state index contributed by atoms with van der Waals surface area (Å²) in [5.41, 5.74) is 3.96. The SMILES string of the molecule is Clc1cccc(CCOc2ccc3ncc(-c4ccc(SNC5CCCCC5)cc4)n3n2)c1. The molecule has 33 heavy (non-hydrogen) atoms. The van der Waals surface area contributed by atoms with Crippen molar-refractivity contribution in [3.63, 3.8) is 0 Å². The van der Waals surface area contributed by atoms with Gasteiger partial charge in [0.05, 0.1) is 18.5 Å². The minimum absolute atomic E-state index is 0.531. The number of benzene rings is 2. The van der Waals surface area contributed by atoms with Crippen LogP contribution in [0.25, 0.3) is 16.9 Å². The van der Waals surface area contributed by atoms with Gasteiger partial charge in [-0.25, -0.2) is 9.50 Å². The number of imidazole rings is 1. The molecule has 0 unspecified atom stereocenters. The summed E-state index contributed by atoms with van der Waals surface area (Å²) in [5, 5.41) is 5.41. The summed E-state index contributed by atoms with van der Waals surface area (Å²) >= 11 is 7.79. The van der Waals surface area contributed by atoms with Crippen molar-refractivity contribution in [1.29, 1.82) is 0 Å². The van der Waals surface area contributed by atoms with E-state index >= 15 is 0 Å². The van der Waals surface area contributed by atoms with E-state index in [2.05, 4.69) is 39.1 Å². The molecule has 0 aliphatic heterocycles. The van der Waals surface area contributed by atoms with Gasteiger partial charge in [-0.3, -0.25) is 4.72 Å². The molecule has 1 N–H and O–H groups in total. The zero-order chi connectivity index (χ0) is 22.5. The van der Waals surface area contributed by atoms with Gasteiger partial charge in [0.25, 0.3) is 0 Å². The molecule has 1 fully saturated rings. The molecule has 170 valence electrons. The van der Waals surface area contributed by atoms with Crippen LogP contribution in [0.2, 0.25) is 5.02 Å². The van der Waals surface area contributed by atoms with Gasteiger partial charge < -0.3 is 4.74 Å². The molecule has 7 heteroatoms. The Kier molecular flexibility index (Phi) is 7.15. The Labute approximate surface area is 203 Å². The summed E-state index contributed by atoms with van der Waals surface area (Å²) in [5.74, 6) is 0.577. The number of nitrogens with zero attached hydrogens (tertiary/aromatic N) is 3. The van der Waals surface area contributed by atoms with E-state index in [4.69, 9.17) is 16.3 Å². The molecule has 2 aromatic carbocycles. The summed E-state index contributed by atoms with van der Waals surface area (Å²) in [6.07, 6.45) is 9.24. The van der Waals surface area contributed by atoms with Crippen LogP contribution in [0.3, 0.4) is 0 Å². The molecule has 4 aromatic rings. The molecule has 0 radical (unpaired) electrons. The van der Waals surface area contributed by atoms with Gasteiger partial charge in [0.1, 0.15) is 0 Å². The number of aromatic nitrogens is 3. The number of rotatable bonds is 8. The van der Waals surface area contributed by atoms with Crippen LogP contribution < -0.4 is 9.46 Å². The predicted molar refractivity (Wildman–Crippen MR) is 135 cm³/mol. The van der Waals surface area contributed by atoms with Crippen LogP contribution in [0.4, 0.5) is 0 Å². The van der Waals surface area contributed by atoms with Crippen molar-refractivity contribution < 1.29 is 4.74 Å². The minimum atomic E-state index is 0.531. The van der Waals surface area contributed by atoms with E-state index in [1.807, 2.05) is 47.1 Å². The lowest BCUT2D eigenvalue weighted by Crippen LogP contribution is -2.25. The Balaban J connectivity index is 1.24. The predicted octanol–water partition coefficient (Wildman–Crippen LogP) is 6.60. The van der Waals surface area contributed by atoms with E-state index in [1.54, 1.807) is 11.9 Å². The van der Waals surface area contributed by atoms with E-state index in [9.17, 15) is 0 Å². The summed E-state index contributed by atoms with van der Waals surface area (Å²) in [6, 6.07) is 20.8. The molecule has 0 amide bonds. The average Bonchev–Trinajstić information content (AvgIpc) is 3.27. The number of halogens is 1. The lowest BCUT2D eigenvalue weighted by Gasteiger charge is -2.22. The highest BCUT2D eigenvalue weighted by Crippen LogP contribution is 2.26. The quantitative estimate of drug-likeness (QED) is 0.289. The van der Waals surface area contributed by atoms with Gasteiger partial charge in [-0.15, -0.1) is 5.10 Å². The highest BCUT2D eigenvalue weighted by atomic mass is 35.5. The maximum Gasteiger partial charge on any atom is 0.231 e. The summed E-state index contributed by atoms with van der Waals surface area (Å²) in [7, 11) is 0. The standard InChI is InChI=1S/C26H27ClN4OS/c27-21-6-4-5-19(17-21)15-16-32-26-14-13-25-28-18-24(31(25)29-26)20-9-11-23(12-10-20)33-30-22-7-2-1-3-8-22/h4-6,9-14,17-18,22,30H,1-3,7-8,15-16H2. The Morgan fingerprint density at radius 1 is 1.03 bits per heavy atom. The third kappa shape index (κ3) is 5.69. The highest BCUT2D eigenvalue weighted by molar-refractivity contribution is 7.97. The van der Waals surface area contributed by atoms with Crippen molar-refractivity contribution in [2.45, 2.75) is 49.5 Å². The van der Waals surface area contributed by atoms with Crippen LogP contribution in [0, 0.1) is 0 Å². The van der Waals surface area contributed by atoms with Crippen molar-refractivity contribution >= 4 is 29.2 Å². The van der Waals surface area contributed by atoms with Gasteiger partial charge in [-0.2, -0.15) is 0 Å². The van der Waals surface area contributed by atoms with Crippen LogP contribution in [0.1, 0.15) is 37.7 Å². The largest absolute Gasteiger partial charge is 0.476 e. The number of nitrogens with one attached hydrogen (secondary N) is 1. The van der Waals surface area contributed by atoms with E-state index in [0.717, 1.165) is 33.9 Å². The minimum Gasteiger partial charge on any atom is -0.476 e. The molecule has 1 aliphatic rings. The van der Waals surface area contributed by atoms with Gasteiger partial charge in [-0.1, -0.05) is 55.1 Å². The number of ether oxygens (including phenoxy) is 1. The second-order valence-electron chi connectivity index (χ2n) is 8.39. The average molecular weight is 479 g/mol. The molecular weight excluding hydrogens is 452 g/mol. The highest BCUT2D eigenvalue weighted by Gasteiger charge is 2.13. The number of hydrogen-bond donors (Lipinski definition) is 1. The summed E-state index contributed by atoms with van der Waals surface area (Å²) in [4.78, 5) is 5.72. The van der Waals surface area contributed by atoms with E-state index in [1.165, 1.54) is 37.0 Å². The fourth-order valence-corrected chi connectivity index (χ4v) is 5.19. The first kappa shape index (κ1) is 22.3. The van der Waals surface area contributed by atoms with E-state index in [-0.39, 0.29) is 0 Å². The normalized spacial score (nSPS) is 14.6. The van der Waals surface area contributed by atoms with Crippen molar-refractivity contribution in [3.8, 4) is 17.1 Å². The fraction of sp³-hybridized carbons (Fsp3) is 0.308. The van der Waals surface area contributed by atoms with Gasteiger partial charge in [0.2, 0.25) is 5.88 Å². The zero-order valence-electron chi connectivity index (χ0n) is 18.4. The van der Waals surface area contributed by atoms with Gasteiger partial charge in [0, 0.05) is 34.0 Å². The second-order valence-corrected chi connectivity index (χ2v) is 9.74. The van der Waals surface area contributed by atoms with Crippen LogP contribution in [0.15, 0.2) is 71.8 Å². The summed E-state index contributed by atoms with van der Waals surface area (Å²) < 4.78 is 11.4. The molecule has 1 saturated carbocycles. The first-order valence-corrected chi connectivity index (χ1v) is 12.7. The Morgan fingerprint density at radius 2 is 1.88 bits per heavy atom. The smallest absolute Gasteiger partial charge is 0.231 e. The molecule has 5 nitrogen and oxygen atoms in total. The molecule has 0 bridgehead atoms. The monoisotopic (exact) mass is 478 g/mol. The topological polar surface area (TPSA) is 51.5 Å². The maximum absolute atomic E-state index is 6.06. The second kappa shape index (κ2) is 10.6. The van der Waals surface area contributed by atoms with Crippen molar-refractivity contribution in [1.82, 2.24) is 19.3 Å². The Hall–Kier alpha value is -2.54. The van der Waals surface area contributed by atoms with Gasteiger partial charge in [0.15, 0.2) is 5.65 Å². The molecular formula is C26H27ClN4OS. The van der Waals surface area contributed by atoms with Crippen molar-refractivity contribution in [2.24, 2.45) is 0 Å². The molecule has 2 heterocycles. The number of fused-ring (bicyclic) bond motifs is 1. The summed E-state index contributed by atoms with van der Waals surface area (Å²) in [6.45, 7) is 0.531. The van der Waals surface area contributed by atoms with Crippen LogP contribution >= 0.6 is 23.5 Å². The third-order valence-electron chi connectivity index (χ3n) is 5.97. The Bertz CT molecular complexity index is 1200. The molecule has 0 atom stereocenters. The maximum atomic E-state index is 6.06. The molecule has 2 aromatic heterocycles. The molecule has 5 rings (SSSR count). The van der Waals surface area contributed by atoms with Crippen molar-refractivity contribution in [2.75, 3.05) is 6.61 Å². The number of hydrogen-bond acceptors (Lipinski definition) is 5. The molecule has 1 aliphatic carbocycles. The van der Waals surface area contributed by atoms with Crippen LogP contribution in [0.5, 0.6) is 5.88 Å². The Morgan fingerprint density at radius 3 is 2.70 bits per heavy atom. The fourth-order valence-electron chi connectivity index (χ4n) is 4.16. The zero-order valence-corrected chi connectivity index (χ0v) is 20.0. The lowest BCUT2D eigenvalue weighted by atomic mass is 9.96. The van der Waals surface area contributed by atoms with Crippen molar-refractivity contribution in [3.05, 3.63) is 77.4 Å². The molecule has 0 saturated heterocycles. The first-order chi connectivity index (χ1) is 16.2. The van der Waals surface area contributed by atoms with E-state index in [0.29, 0.717) is 18.5 Å². The first-order valence-electron chi connectivity index (χ1n) is 11.5. The van der Waals surface area contributed by atoms with Crippen LogP contribution in [-0.2, 0) is 6.42 Å². The lowest BCUT2D eigenvalue weighted by molar-refractivity contribution is 0.305. The van der Waals surface area contributed by atoms with E-state index < -0.39 is 0 Å². The van der Waals surface area contributed by atoms with Gasteiger partial charge in [-0.05, 0) is 60.7 Å². The van der Waals surface area contributed by atoms with Gasteiger partial charge >= 0.3 is 0 Å². The third-order valence-corrected chi connectivity index (χ3v) is 7.16.